The van der Waals surface area contributed by atoms with Gasteiger partial charge in [0.15, 0.2) is 0 Å². The first kappa shape index (κ1) is 14.7. The van der Waals surface area contributed by atoms with Crippen LogP contribution in [0.5, 0.6) is 5.75 Å². The van der Waals surface area contributed by atoms with E-state index in [1.807, 2.05) is 13.8 Å². The molecule has 110 valence electrons. The Morgan fingerprint density at radius 2 is 1.90 bits per heavy atom. The van der Waals surface area contributed by atoms with E-state index in [9.17, 15) is 13.6 Å². The number of para-hydroxylation sites is 1. The molecule has 1 amide bonds. The number of carbonyl (C=O) groups is 1. The number of carbonyl (C=O) groups excluding carboxylic acids is 1. The number of benzene rings is 1. The van der Waals surface area contributed by atoms with E-state index in [1.165, 1.54) is 12.1 Å². The topological polar surface area (TPSA) is 41.6 Å². The lowest BCUT2D eigenvalue weighted by molar-refractivity contribution is -0.0503. The van der Waals surface area contributed by atoms with Gasteiger partial charge in [0.05, 0.1) is 5.56 Å². The van der Waals surface area contributed by atoms with Crippen molar-refractivity contribution < 1.29 is 18.3 Å². The summed E-state index contributed by atoms with van der Waals surface area (Å²) >= 11 is 0. The van der Waals surface area contributed by atoms with Crippen molar-refractivity contribution in [2.75, 3.05) is 13.1 Å². The van der Waals surface area contributed by atoms with Gasteiger partial charge in [0.2, 0.25) is 0 Å². The Morgan fingerprint density at radius 3 is 2.50 bits per heavy atom. The molecule has 1 fully saturated rings. The second-order valence-corrected chi connectivity index (χ2v) is 5.05. The Kier molecular flexibility index (Phi) is 4.54. The molecule has 2 unspecified atom stereocenters. The minimum Gasteiger partial charge on any atom is -0.434 e. The van der Waals surface area contributed by atoms with Crippen molar-refractivity contribution in [1.82, 2.24) is 10.2 Å². The Hall–Kier alpha value is -1.69. The summed E-state index contributed by atoms with van der Waals surface area (Å²) in [7, 11) is 0. The molecule has 1 aromatic rings. The van der Waals surface area contributed by atoms with Crippen LogP contribution in [0.15, 0.2) is 24.3 Å². The van der Waals surface area contributed by atoms with Crippen molar-refractivity contribution in [3.05, 3.63) is 29.8 Å². The number of ether oxygens (including phenoxy) is 1. The number of amides is 1. The van der Waals surface area contributed by atoms with Crippen LogP contribution in [0.25, 0.3) is 0 Å². The molecule has 2 atom stereocenters. The lowest BCUT2D eigenvalue weighted by Crippen LogP contribution is -2.55. The summed E-state index contributed by atoms with van der Waals surface area (Å²) in [6.07, 6.45) is 0. The number of halogens is 2. The lowest BCUT2D eigenvalue weighted by Gasteiger charge is -2.36. The third kappa shape index (κ3) is 3.45. The highest BCUT2D eigenvalue weighted by Crippen LogP contribution is 2.22. The van der Waals surface area contributed by atoms with Gasteiger partial charge in [-0.3, -0.25) is 4.79 Å². The summed E-state index contributed by atoms with van der Waals surface area (Å²) < 4.78 is 29.2. The van der Waals surface area contributed by atoms with Crippen molar-refractivity contribution in [1.29, 1.82) is 0 Å². The molecule has 1 aliphatic rings. The summed E-state index contributed by atoms with van der Waals surface area (Å²) in [5.74, 6) is -0.354. The number of nitrogens with one attached hydrogen (secondary N) is 1. The first-order chi connectivity index (χ1) is 9.47. The van der Waals surface area contributed by atoms with Gasteiger partial charge < -0.3 is 15.0 Å². The quantitative estimate of drug-likeness (QED) is 0.924. The van der Waals surface area contributed by atoms with Gasteiger partial charge in [0, 0.05) is 25.2 Å². The predicted octanol–water partition coefficient (Wildman–Crippen LogP) is 2.11. The maximum atomic E-state index is 12.5. The molecule has 1 N–H and O–H groups in total. The average Bonchev–Trinajstić information content (AvgIpc) is 2.36. The monoisotopic (exact) mass is 284 g/mol. The van der Waals surface area contributed by atoms with Gasteiger partial charge in [-0.2, -0.15) is 8.78 Å². The zero-order valence-electron chi connectivity index (χ0n) is 11.5. The molecule has 0 spiro atoms. The largest absolute Gasteiger partial charge is 0.434 e. The van der Waals surface area contributed by atoms with E-state index in [4.69, 9.17) is 0 Å². The van der Waals surface area contributed by atoms with E-state index in [-0.39, 0.29) is 29.3 Å². The van der Waals surface area contributed by atoms with Gasteiger partial charge in [0.25, 0.3) is 5.91 Å². The molecule has 4 nitrogen and oxygen atoms in total. The van der Waals surface area contributed by atoms with Gasteiger partial charge in [-0.25, -0.2) is 0 Å². The van der Waals surface area contributed by atoms with Gasteiger partial charge in [-0.05, 0) is 26.0 Å². The van der Waals surface area contributed by atoms with Crippen molar-refractivity contribution in [2.24, 2.45) is 0 Å². The first-order valence-electron chi connectivity index (χ1n) is 6.56. The SMILES string of the molecule is CC1CN(C(=O)c2ccccc2OC(F)F)CC(C)N1. The summed E-state index contributed by atoms with van der Waals surface area (Å²) in [6, 6.07) is 6.45. The molecule has 0 saturated carbocycles. The Bertz CT molecular complexity index is 472. The maximum absolute atomic E-state index is 12.5. The third-order valence-corrected chi connectivity index (χ3v) is 3.18. The molecule has 1 aromatic carbocycles. The zero-order valence-corrected chi connectivity index (χ0v) is 11.5. The first-order valence-corrected chi connectivity index (χ1v) is 6.56. The van der Waals surface area contributed by atoms with Crippen LogP contribution < -0.4 is 10.1 Å². The van der Waals surface area contributed by atoms with Crippen LogP contribution in [0.2, 0.25) is 0 Å². The Morgan fingerprint density at radius 1 is 1.30 bits per heavy atom. The third-order valence-electron chi connectivity index (χ3n) is 3.18. The van der Waals surface area contributed by atoms with E-state index in [1.54, 1.807) is 17.0 Å². The summed E-state index contributed by atoms with van der Waals surface area (Å²) in [5, 5.41) is 3.32. The highest BCUT2D eigenvalue weighted by molar-refractivity contribution is 5.97. The maximum Gasteiger partial charge on any atom is 0.387 e. The predicted molar refractivity (Wildman–Crippen MR) is 71.0 cm³/mol. The number of hydrogen-bond acceptors (Lipinski definition) is 3. The van der Waals surface area contributed by atoms with E-state index in [0.29, 0.717) is 13.1 Å². The zero-order chi connectivity index (χ0) is 14.7. The molecule has 1 heterocycles. The van der Waals surface area contributed by atoms with Gasteiger partial charge >= 0.3 is 6.61 Å². The fraction of sp³-hybridized carbons (Fsp3) is 0.500. The molecule has 0 bridgehead atoms. The molecular formula is C14H18F2N2O2. The molecule has 1 aliphatic heterocycles. The minimum absolute atomic E-state index is 0.0775. The number of hydrogen-bond donors (Lipinski definition) is 1. The molecule has 20 heavy (non-hydrogen) atoms. The summed E-state index contributed by atoms with van der Waals surface area (Å²) in [4.78, 5) is 14.1. The van der Waals surface area contributed by atoms with Crippen LogP contribution in [-0.4, -0.2) is 42.6 Å². The number of alkyl halides is 2. The number of nitrogens with zero attached hydrogens (tertiary/aromatic N) is 1. The molecular weight excluding hydrogens is 266 g/mol. The van der Waals surface area contributed by atoms with E-state index >= 15 is 0 Å². The highest BCUT2D eigenvalue weighted by Gasteiger charge is 2.27. The molecule has 6 heteroatoms. The fourth-order valence-electron chi connectivity index (χ4n) is 2.51. The van der Waals surface area contributed by atoms with Crippen LogP contribution in [0.1, 0.15) is 24.2 Å². The molecule has 0 radical (unpaired) electrons. The van der Waals surface area contributed by atoms with E-state index in [0.717, 1.165) is 0 Å². The van der Waals surface area contributed by atoms with Gasteiger partial charge in [-0.15, -0.1) is 0 Å². The molecule has 2 rings (SSSR count). The second kappa shape index (κ2) is 6.17. The lowest BCUT2D eigenvalue weighted by atomic mass is 10.1. The smallest absolute Gasteiger partial charge is 0.387 e. The van der Waals surface area contributed by atoms with Crippen LogP contribution in [0.3, 0.4) is 0 Å². The minimum atomic E-state index is -2.94. The summed E-state index contributed by atoms with van der Waals surface area (Å²) in [6.45, 7) is 2.12. The Balaban J connectivity index is 2.20. The van der Waals surface area contributed by atoms with Crippen molar-refractivity contribution >= 4 is 5.91 Å². The molecule has 0 aromatic heterocycles. The molecule has 0 aliphatic carbocycles. The number of piperazine rings is 1. The van der Waals surface area contributed by atoms with Crippen LogP contribution in [0.4, 0.5) is 8.78 Å². The van der Waals surface area contributed by atoms with Crippen molar-refractivity contribution in [3.8, 4) is 5.75 Å². The van der Waals surface area contributed by atoms with Gasteiger partial charge in [0.1, 0.15) is 5.75 Å². The van der Waals surface area contributed by atoms with E-state index < -0.39 is 6.61 Å². The van der Waals surface area contributed by atoms with Gasteiger partial charge in [-0.1, -0.05) is 12.1 Å². The fourth-order valence-corrected chi connectivity index (χ4v) is 2.51. The van der Waals surface area contributed by atoms with Crippen LogP contribution in [-0.2, 0) is 0 Å². The Labute approximate surface area is 116 Å². The standard InChI is InChI=1S/C14H18F2N2O2/c1-9-7-18(8-10(2)17-9)13(19)11-5-3-4-6-12(11)20-14(15)16/h3-6,9-10,14,17H,7-8H2,1-2H3. The average molecular weight is 284 g/mol. The normalized spacial score (nSPS) is 22.9. The molecule has 1 saturated heterocycles. The second-order valence-electron chi connectivity index (χ2n) is 5.05. The van der Waals surface area contributed by atoms with Crippen molar-refractivity contribution in [2.45, 2.75) is 32.5 Å². The number of rotatable bonds is 3. The van der Waals surface area contributed by atoms with Crippen molar-refractivity contribution in [3.63, 3.8) is 0 Å². The summed E-state index contributed by atoms with van der Waals surface area (Å²) in [5.41, 5.74) is 0.175. The highest BCUT2D eigenvalue weighted by atomic mass is 19.3. The van der Waals surface area contributed by atoms with E-state index in [2.05, 4.69) is 10.1 Å². The van der Waals surface area contributed by atoms with Crippen LogP contribution in [0, 0.1) is 0 Å². The van der Waals surface area contributed by atoms with Crippen LogP contribution >= 0.6 is 0 Å².